The maximum atomic E-state index is 12.5. The molecule has 36 heavy (non-hydrogen) atoms. The van der Waals surface area contributed by atoms with Crippen molar-refractivity contribution in [2.45, 2.75) is 111 Å². The molecule has 1 aromatic carbocycles. The lowest BCUT2D eigenvalue weighted by Gasteiger charge is -2.64. The Kier molecular flexibility index (Phi) is 7.61. The minimum Gasteiger partial charge on any atom is -0.461 e. The predicted octanol–water partition coefficient (Wildman–Crippen LogP) is 7.80. The standard InChI is InChI=1S/C33H50O3/c1-5-24-26-13-9-10-19-32(26,3)28-18-20-33(4)25(15-16-27(33)30(28)31(24)35)22(2)14-17-29(34)36-21-23-11-7-6-8-12-23/h6-8,11-12,22,24-28,30-31,35H,5,9-10,13-21H2,1-4H3/t22-,24+,25?,26?,27?,28?,30?,31-,32+,33-/m1/s1. The van der Waals surface area contributed by atoms with E-state index in [1.165, 1.54) is 51.4 Å². The Morgan fingerprint density at radius 2 is 1.75 bits per heavy atom. The van der Waals surface area contributed by atoms with Crippen molar-refractivity contribution in [3.63, 3.8) is 0 Å². The van der Waals surface area contributed by atoms with Gasteiger partial charge in [-0.15, -0.1) is 0 Å². The molecule has 0 bridgehead atoms. The monoisotopic (exact) mass is 494 g/mol. The zero-order valence-corrected chi connectivity index (χ0v) is 23.3. The van der Waals surface area contributed by atoms with Gasteiger partial charge < -0.3 is 9.84 Å². The number of rotatable bonds is 7. The highest BCUT2D eigenvalue weighted by molar-refractivity contribution is 5.69. The average molecular weight is 495 g/mol. The number of fused-ring (bicyclic) bond motifs is 5. The van der Waals surface area contributed by atoms with Crippen LogP contribution in [-0.2, 0) is 16.1 Å². The second kappa shape index (κ2) is 10.4. The SMILES string of the molecule is CC[C@H]1C2CCCC[C@]2(C)C2CC[C@@]3(C)C(CCC3[C@H](C)CCC(=O)OCc3ccccc3)C2[C@@H]1O. The van der Waals surface area contributed by atoms with E-state index in [1.807, 2.05) is 30.3 Å². The van der Waals surface area contributed by atoms with E-state index in [0.717, 1.165) is 24.3 Å². The number of carbonyl (C=O) groups excluding carboxylic acids is 1. The van der Waals surface area contributed by atoms with Crippen LogP contribution in [0.15, 0.2) is 30.3 Å². The first kappa shape index (κ1) is 26.3. The first-order valence-corrected chi connectivity index (χ1v) is 15.2. The third-order valence-electron chi connectivity index (χ3n) is 12.1. The number of benzene rings is 1. The summed E-state index contributed by atoms with van der Waals surface area (Å²) < 4.78 is 5.57. The van der Waals surface area contributed by atoms with E-state index in [1.54, 1.807) is 0 Å². The summed E-state index contributed by atoms with van der Waals surface area (Å²) in [5, 5.41) is 11.9. The second-order valence-corrected chi connectivity index (χ2v) is 13.6. The van der Waals surface area contributed by atoms with E-state index in [-0.39, 0.29) is 12.1 Å². The highest BCUT2D eigenvalue weighted by Crippen LogP contribution is 2.69. The molecular weight excluding hydrogens is 444 g/mol. The van der Waals surface area contributed by atoms with Crippen LogP contribution in [-0.4, -0.2) is 17.2 Å². The summed E-state index contributed by atoms with van der Waals surface area (Å²) in [6, 6.07) is 9.96. The highest BCUT2D eigenvalue weighted by atomic mass is 16.5. The molecule has 0 heterocycles. The van der Waals surface area contributed by atoms with Gasteiger partial charge in [0.15, 0.2) is 0 Å². The lowest BCUT2D eigenvalue weighted by atomic mass is 9.41. The van der Waals surface area contributed by atoms with Crippen molar-refractivity contribution in [2.24, 2.45) is 52.3 Å². The number of aliphatic hydroxyl groups is 1. The van der Waals surface area contributed by atoms with Crippen LogP contribution >= 0.6 is 0 Å². The number of ether oxygens (including phenoxy) is 1. The summed E-state index contributed by atoms with van der Waals surface area (Å²) >= 11 is 0. The maximum absolute atomic E-state index is 12.5. The van der Waals surface area contributed by atoms with Crippen LogP contribution < -0.4 is 0 Å². The Bertz CT molecular complexity index is 897. The Labute approximate surface area is 219 Å². The molecule has 4 fully saturated rings. The van der Waals surface area contributed by atoms with Crippen LogP contribution in [0.2, 0.25) is 0 Å². The molecule has 1 aromatic rings. The molecule has 4 aliphatic carbocycles. The third kappa shape index (κ3) is 4.46. The molecule has 0 aliphatic heterocycles. The molecule has 4 saturated carbocycles. The van der Waals surface area contributed by atoms with E-state index in [4.69, 9.17) is 4.74 Å². The molecule has 3 nitrogen and oxygen atoms in total. The molecule has 200 valence electrons. The maximum Gasteiger partial charge on any atom is 0.306 e. The van der Waals surface area contributed by atoms with Gasteiger partial charge in [0.1, 0.15) is 6.61 Å². The molecule has 5 unspecified atom stereocenters. The molecule has 0 aromatic heterocycles. The molecule has 10 atom stereocenters. The summed E-state index contributed by atoms with van der Waals surface area (Å²) in [5.74, 6) is 4.10. The van der Waals surface area contributed by atoms with Gasteiger partial charge in [-0.25, -0.2) is 0 Å². The van der Waals surface area contributed by atoms with Crippen LogP contribution in [0.1, 0.15) is 104 Å². The van der Waals surface area contributed by atoms with Crippen molar-refractivity contribution in [1.82, 2.24) is 0 Å². The minimum absolute atomic E-state index is 0.0705. The van der Waals surface area contributed by atoms with Crippen LogP contribution in [0.5, 0.6) is 0 Å². The molecule has 3 heteroatoms. The lowest BCUT2D eigenvalue weighted by molar-refractivity contribution is -0.194. The van der Waals surface area contributed by atoms with Crippen LogP contribution in [0.4, 0.5) is 0 Å². The van der Waals surface area contributed by atoms with Gasteiger partial charge in [0.2, 0.25) is 0 Å². The van der Waals surface area contributed by atoms with E-state index in [9.17, 15) is 9.90 Å². The fourth-order valence-electron chi connectivity index (χ4n) is 10.4. The first-order chi connectivity index (χ1) is 17.3. The van der Waals surface area contributed by atoms with Crippen molar-refractivity contribution < 1.29 is 14.6 Å². The first-order valence-electron chi connectivity index (χ1n) is 15.2. The van der Waals surface area contributed by atoms with Crippen LogP contribution in [0, 0.1) is 52.3 Å². The normalized spacial score (nSPS) is 42.6. The summed E-state index contributed by atoms with van der Waals surface area (Å²) in [6.45, 7) is 10.2. The van der Waals surface area contributed by atoms with Gasteiger partial charge in [-0.2, -0.15) is 0 Å². The number of carbonyl (C=O) groups is 1. The van der Waals surface area contributed by atoms with Gasteiger partial charge in [0, 0.05) is 6.42 Å². The number of esters is 1. The fourth-order valence-corrected chi connectivity index (χ4v) is 10.4. The van der Waals surface area contributed by atoms with Crippen molar-refractivity contribution in [1.29, 1.82) is 0 Å². The highest BCUT2D eigenvalue weighted by Gasteiger charge is 2.64. The van der Waals surface area contributed by atoms with E-state index in [2.05, 4.69) is 27.7 Å². The zero-order valence-electron chi connectivity index (χ0n) is 23.3. The molecule has 1 N–H and O–H groups in total. The lowest BCUT2D eigenvalue weighted by Crippen LogP contribution is -2.61. The van der Waals surface area contributed by atoms with Crippen molar-refractivity contribution in [3.05, 3.63) is 35.9 Å². The van der Waals surface area contributed by atoms with Gasteiger partial charge in [-0.05, 0) is 103 Å². The predicted molar refractivity (Wildman–Crippen MR) is 145 cm³/mol. The van der Waals surface area contributed by atoms with Gasteiger partial charge in [0.05, 0.1) is 6.10 Å². The molecular formula is C33H50O3. The Balaban J connectivity index is 1.25. The topological polar surface area (TPSA) is 46.5 Å². The number of aliphatic hydroxyl groups excluding tert-OH is 1. The number of hydrogen-bond donors (Lipinski definition) is 1. The second-order valence-electron chi connectivity index (χ2n) is 13.6. The van der Waals surface area contributed by atoms with E-state index >= 15 is 0 Å². The largest absolute Gasteiger partial charge is 0.461 e. The molecule has 5 rings (SSSR count). The van der Waals surface area contributed by atoms with Crippen molar-refractivity contribution >= 4 is 5.97 Å². The summed E-state index contributed by atoms with van der Waals surface area (Å²) in [7, 11) is 0. The van der Waals surface area contributed by atoms with Gasteiger partial charge in [0.25, 0.3) is 0 Å². The zero-order chi connectivity index (χ0) is 25.5. The Morgan fingerprint density at radius 3 is 2.50 bits per heavy atom. The quantitative estimate of drug-likeness (QED) is 0.393. The van der Waals surface area contributed by atoms with E-state index < -0.39 is 0 Å². The van der Waals surface area contributed by atoms with Crippen molar-refractivity contribution in [3.8, 4) is 0 Å². The van der Waals surface area contributed by atoms with E-state index in [0.29, 0.717) is 59.4 Å². The Morgan fingerprint density at radius 1 is 1.00 bits per heavy atom. The van der Waals surface area contributed by atoms with Gasteiger partial charge in [-0.1, -0.05) is 77.3 Å². The summed E-state index contributed by atoms with van der Waals surface area (Å²) in [4.78, 5) is 12.5. The smallest absolute Gasteiger partial charge is 0.306 e. The Hall–Kier alpha value is -1.35. The average Bonchev–Trinajstić information content (AvgIpc) is 3.24. The minimum atomic E-state index is -0.122. The summed E-state index contributed by atoms with van der Waals surface area (Å²) in [6.07, 6.45) is 13.0. The number of hydrogen-bond acceptors (Lipinski definition) is 3. The van der Waals surface area contributed by atoms with Gasteiger partial charge >= 0.3 is 5.97 Å². The molecule has 0 saturated heterocycles. The molecule has 0 radical (unpaired) electrons. The van der Waals surface area contributed by atoms with Crippen LogP contribution in [0.3, 0.4) is 0 Å². The molecule has 0 spiro atoms. The van der Waals surface area contributed by atoms with Gasteiger partial charge in [-0.3, -0.25) is 4.79 Å². The molecule has 4 aliphatic rings. The molecule has 0 amide bonds. The van der Waals surface area contributed by atoms with Crippen molar-refractivity contribution in [2.75, 3.05) is 0 Å². The third-order valence-corrected chi connectivity index (χ3v) is 12.1. The van der Waals surface area contributed by atoms with Crippen LogP contribution in [0.25, 0.3) is 0 Å². The summed E-state index contributed by atoms with van der Waals surface area (Å²) in [5.41, 5.74) is 1.77. The fraction of sp³-hybridized carbons (Fsp3) is 0.788.